The van der Waals surface area contributed by atoms with Gasteiger partial charge in [0.15, 0.2) is 5.11 Å². The Balaban J connectivity index is 1.89. The molecule has 1 fully saturated rings. The minimum Gasteiger partial charge on any atom is -0.467 e. The van der Waals surface area contributed by atoms with Crippen LogP contribution in [0, 0.1) is 10.1 Å². The van der Waals surface area contributed by atoms with Gasteiger partial charge in [0.2, 0.25) is 0 Å². The van der Waals surface area contributed by atoms with Crippen LogP contribution < -0.4 is 5.32 Å². The first-order chi connectivity index (χ1) is 11.1. The highest BCUT2D eigenvalue weighted by atomic mass is 32.1. The van der Waals surface area contributed by atoms with Gasteiger partial charge in [0.05, 0.1) is 23.3 Å². The molecule has 0 atom stereocenters. The maximum absolute atomic E-state index is 12.4. The van der Waals surface area contributed by atoms with E-state index in [1.165, 1.54) is 23.3 Å². The van der Waals surface area contributed by atoms with E-state index in [4.69, 9.17) is 16.6 Å². The van der Waals surface area contributed by atoms with Gasteiger partial charge in [-0.05, 0) is 36.5 Å². The smallest absolute Gasteiger partial charge is 0.276 e. The van der Waals surface area contributed by atoms with Gasteiger partial charge in [-0.15, -0.1) is 0 Å². The number of hydrogen-bond donors (Lipinski definition) is 1. The Morgan fingerprint density at radius 2 is 2.09 bits per heavy atom. The van der Waals surface area contributed by atoms with E-state index in [2.05, 4.69) is 5.32 Å². The van der Waals surface area contributed by atoms with E-state index in [0.29, 0.717) is 11.3 Å². The summed E-state index contributed by atoms with van der Waals surface area (Å²) in [5.41, 5.74) is 0.442. The van der Waals surface area contributed by atoms with Gasteiger partial charge in [-0.2, -0.15) is 0 Å². The van der Waals surface area contributed by atoms with Gasteiger partial charge in [-0.1, -0.05) is 12.1 Å². The SMILES string of the molecule is O=C1/C(=C\c2ccccc2[N+](=O)[O-])NC(=S)N1Cc1ccco1. The monoisotopic (exact) mass is 329 g/mol. The number of para-hydroxylation sites is 1. The summed E-state index contributed by atoms with van der Waals surface area (Å²) in [5, 5.41) is 14.1. The molecule has 1 aromatic heterocycles. The largest absolute Gasteiger partial charge is 0.467 e. The van der Waals surface area contributed by atoms with E-state index in [1.807, 2.05) is 0 Å². The van der Waals surface area contributed by atoms with Crippen LogP contribution in [0.15, 0.2) is 52.8 Å². The summed E-state index contributed by atoms with van der Waals surface area (Å²) in [6.45, 7) is 0.200. The zero-order valence-corrected chi connectivity index (χ0v) is 12.6. The van der Waals surface area contributed by atoms with Crippen molar-refractivity contribution in [3.8, 4) is 0 Å². The molecule has 0 unspecified atom stereocenters. The maximum Gasteiger partial charge on any atom is 0.276 e. The minimum atomic E-state index is -0.495. The summed E-state index contributed by atoms with van der Waals surface area (Å²) in [4.78, 5) is 24.3. The van der Waals surface area contributed by atoms with E-state index in [0.717, 1.165) is 0 Å². The minimum absolute atomic E-state index is 0.0787. The van der Waals surface area contributed by atoms with Gasteiger partial charge in [0.1, 0.15) is 11.5 Å². The van der Waals surface area contributed by atoms with Crippen molar-refractivity contribution < 1.29 is 14.1 Å². The highest BCUT2D eigenvalue weighted by Crippen LogP contribution is 2.23. The van der Waals surface area contributed by atoms with Crippen LogP contribution in [0.4, 0.5) is 5.69 Å². The second-order valence-corrected chi connectivity index (χ2v) is 5.16. The van der Waals surface area contributed by atoms with Gasteiger partial charge < -0.3 is 9.73 Å². The summed E-state index contributed by atoms with van der Waals surface area (Å²) >= 11 is 5.15. The van der Waals surface area contributed by atoms with Crippen LogP contribution in [-0.4, -0.2) is 20.8 Å². The molecule has 1 amide bonds. The Kier molecular flexibility index (Phi) is 3.90. The second kappa shape index (κ2) is 6.01. The number of benzene rings is 1. The average molecular weight is 329 g/mol. The van der Waals surface area contributed by atoms with Crippen molar-refractivity contribution in [2.24, 2.45) is 0 Å². The van der Waals surface area contributed by atoms with Crippen LogP contribution in [0.1, 0.15) is 11.3 Å². The lowest BCUT2D eigenvalue weighted by atomic mass is 10.1. The van der Waals surface area contributed by atoms with E-state index >= 15 is 0 Å². The number of nitro benzene ring substituents is 1. The molecule has 1 aliphatic heterocycles. The van der Waals surface area contributed by atoms with Crippen LogP contribution >= 0.6 is 12.2 Å². The molecule has 0 aliphatic carbocycles. The highest BCUT2D eigenvalue weighted by molar-refractivity contribution is 7.80. The summed E-state index contributed by atoms with van der Waals surface area (Å²) in [6, 6.07) is 9.63. The third-order valence-corrected chi connectivity index (χ3v) is 3.61. The predicted octanol–water partition coefficient (Wildman–Crippen LogP) is 2.45. The first kappa shape index (κ1) is 14.9. The molecule has 0 saturated carbocycles. The highest BCUT2D eigenvalue weighted by Gasteiger charge is 2.31. The molecular formula is C15H11N3O4S. The average Bonchev–Trinajstić information content (AvgIpc) is 3.12. The van der Waals surface area contributed by atoms with Crippen LogP contribution in [0.25, 0.3) is 6.08 Å². The normalized spacial score (nSPS) is 16.0. The van der Waals surface area contributed by atoms with Gasteiger partial charge in [0, 0.05) is 6.07 Å². The lowest BCUT2D eigenvalue weighted by Gasteiger charge is -2.11. The van der Waals surface area contributed by atoms with Gasteiger partial charge in [-0.3, -0.25) is 19.8 Å². The number of amides is 1. The summed E-state index contributed by atoms with van der Waals surface area (Å²) in [7, 11) is 0. The first-order valence-corrected chi connectivity index (χ1v) is 7.07. The molecule has 23 heavy (non-hydrogen) atoms. The second-order valence-electron chi connectivity index (χ2n) is 4.77. The summed E-state index contributed by atoms with van der Waals surface area (Å²) in [6.07, 6.45) is 2.94. The molecule has 0 radical (unpaired) electrons. The molecule has 0 bridgehead atoms. The lowest BCUT2D eigenvalue weighted by molar-refractivity contribution is -0.385. The summed E-state index contributed by atoms with van der Waals surface area (Å²) < 4.78 is 5.21. The molecular weight excluding hydrogens is 318 g/mol. The molecule has 2 aromatic rings. The molecule has 1 aliphatic rings. The maximum atomic E-state index is 12.4. The van der Waals surface area contributed by atoms with Crippen molar-refractivity contribution in [1.82, 2.24) is 10.2 Å². The number of nitrogens with one attached hydrogen (secondary N) is 1. The van der Waals surface area contributed by atoms with Gasteiger partial charge >= 0.3 is 0 Å². The number of thiocarbonyl (C=S) groups is 1. The van der Waals surface area contributed by atoms with E-state index in [9.17, 15) is 14.9 Å². The molecule has 7 nitrogen and oxygen atoms in total. The third-order valence-electron chi connectivity index (χ3n) is 3.29. The number of hydrogen-bond acceptors (Lipinski definition) is 5. The van der Waals surface area contributed by atoms with Crippen molar-refractivity contribution in [3.63, 3.8) is 0 Å². The fourth-order valence-electron chi connectivity index (χ4n) is 2.20. The Bertz CT molecular complexity index is 814. The third kappa shape index (κ3) is 2.97. The van der Waals surface area contributed by atoms with Crippen molar-refractivity contribution in [2.75, 3.05) is 0 Å². The number of carbonyl (C=O) groups excluding carboxylic acids is 1. The van der Waals surface area contributed by atoms with Crippen molar-refractivity contribution >= 4 is 35.0 Å². The number of furan rings is 1. The van der Waals surface area contributed by atoms with Crippen molar-refractivity contribution in [3.05, 3.63) is 69.8 Å². The molecule has 1 aromatic carbocycles. The Morgan fingerprint density at radius 3 is 2.78 bits per heavy atom. The van der Waals surface area contributed by atoms with Gasteiger partial charge in [-0.25, -0.2) is 0 Å². The standard InChI is InChI=1S/C15H11N3O4S/c19-14-12(8-10-4-1-2-6-13(10)18(20)21)16-15(23)17(14)9-11-5-3-7-22-11/h1-8H,9H2,(H,16,23)/b12-8+. The van der Waals surface area contributed by atoms with E-state index in [1.54, 1.807) is 30.3 Å². The number of carbonyl (C=O) groups is 1. The summed E-state index contributed by atoms with van der Waals surface area (Å²) in [5.74, 6) is 0.235. The zero-order chi connectivity index (χ0) is 16.4. The Labute approximate surface area is 136 Å². The molecule has 3 rings (SSSR count). The van der Waals surface area contributed by atoms with Crippen molar-refractivity contribution in [2.45, 2.75) is 6.54 Å². The molecule has 2 heterocycles. The predicted molar refractivity (Wildman–Crippen MR) is 86.1 cm³/mol. The molecule has 1 N–H and O–H groups in total. The van der Waals surface area contributed by atoms with Crippen LogP contribution in [0.3, 0.4) is 0 Å². The van der Waals surface area contributed by atoms with Crippen LogP contribution in [0.5, 0.6) is 0 Å². The quantitative estimate of drug-likeness (QED) is 0.401. The fourth-order valence-corrected chi connectivity index (χ4v) is 2.46. The molecule has 8 heteroatoms. The molecule has 1 saturated heterocycles. The van der Waals surface area contributed by atoms with Crippen LogP contribution in [0.2, 0.25) is 0 Å². The number of rotatable bonds is 4. The topological polar surface area (TPSA) is 88.6 Å². The number of nitrogens with zero attached hydrogens (tertiary/aromatic N) is 2. The lowest BCUT2D eigenvalue weighted by Crippen LogP contribution is -2.29. The van der Waals surface area contributed by atoms with E-state index < -0.39 is 4.92 Å². The fraction of sp³-hybridized carbons (Fsp3) is 0.0667. The Morgan fingerprint density at radius 1 is 1.30 bits per heavy atom. The Hall–Kier alpha value is -3.00. The van der Waals surface area contributed by atoms with E-state index in [-0.39, 0.29) is 28.9 Å². The molecule has 0 spiro atoms. The first-order valence-electron chi connectivity index (χ1n) is 6.66. The van der Waals surface area contributed by atoms with Crippen molar-refractivity contribution in [1.29, 1.82) is 0 Å². The van der Waals surface area contributed by atoms with Gasteiger partial charge in [0.25, 0.3) is 11.6 Å². The molecule has 116 valence electrons. The van der Waals surface area contributed by atoms with Crippen LogP contribution in [-0.2, 0) is 11.3 Å². The number of nitro groups is 1. The zero-order valence-electron chi connectivity index (χ0n) is 11.8.